The molecule has 0 saturated carbocycles. The number of carboxylic acids is 2. The van der Waals surface area contributed by atoms with E-state index in [2.05, 4.69) is 0 Å². The third kappa shape index (κ3) is 1.48. The first-order chi connectivity index (χ1) is 5.13. The van der Waals surface area contributed by atoms with Gasteiger partial charge < -0.3 is 14.9 Å². The Morgan fingerprint density at radius 1 is 1.27 bits per heavy atom. The minimum absolute atomic E-state index is 0.216. The lowest BCUT2D eigenvalue weighted by atomic mass is 10.0. The second-order valence-electron chi connectivity index (χ2n) is 2.36. The lowest BCUT2D eigenvalue weighted by Gasteiger charge is -2.08. The van der Waals surface area contributed by atoms with E-state index in [4.69, 9.17) is 14.9 Å². The lowest BCUT2D eigenvalue weighted by Crippen LogP contribution is -2.31. The molecule has 1 rings (SSSR count). The van der Waals surface area contributed by atoms with Crippen molar-refractivity contribution in [2.75, 3.05) is 6.61 Å². The van der Waals surface area contributed by atoms with Gasteiger partial charge in [-0.2, -0.15) is 0 Å². The summed E-state index contributed by atoms with van der Waals surface area (Å²) in [5.41, 5.74) is 0. The molecular weight excluding hydrogens is 152 g/mol. The first-order valence-electron chi connectivity index (χ1n) is 3.20. The van der Waals surface area contributed by atoms with E-state index in [0.717, 1.165) is 0 Å². The summed E-state index contributed by atoms with van der Waals surface area (Å²) in [5, 5.41) is 16.9. The van der Waals surface area contributed by atoms with E-state index in [1.165, 1.54) is 0 Å². The van der Waals surface area contributed by atoms with E-state index in [1.54, 1.807) is 0 Å². The maximum atomic E-state index is 10.4. The zero-order valence-electron chi connectivity index (χ0n) is 5.69. The summed E-state index contributed by atoms with van der Waals surface area (Å²) in [5.74, 6) is -3.18. The number of carboxylic acid groups (broad SMARTS) is 2. The van der Waals surface area contributed by atoms with E-state index >= 15 is 0 Å². The Labute approximate surface area is 62.6 Å². The van der Waals surface area contributed by atoms with Crippen LogP contribution < -0.4 is 0 Å². The van der Waals surface area contributed by atoms with Crippen molar-refractivity contribution in [2.24, 2.45) is 5.92 Å². The highest BCUT2D eigenvalue weighted by Crippen LogP contribution is 2.20. The van der Waals surface area contributed by atoms with Crippen molar-refractivity contribution in [1.29, 1.82) is 0 Å². The molecule has 0 amide bonds. The second kappa shape index (κ2) is 2.87. The SMILES string of the molecule is O=C(O)C1CCOC1C(=O)O. The van der Waals surface area contributed by atoms with Crippen molar-refractivity contribution in [2.45, 2.75) is 12.5 Å². The maximum Gasteiger partial charge on any atom is 0.333 e. The minimum atomic E-state index is -1.20. The van der Waals surface area contributed by atoms with Crippen LogP contribution in [0.2, 0.25) is 0 Å². The van der Waals surface area contributed by atoms with Gasteiger partial charge in [0.15, 0.2) is 6.10 Å². The van der Waals surface area contributed by atoms with E-state index < -0.39 is 24.0 Å². The van der Waals surface area contributed by atoms with Crippen LogP contribution >= 0.6 is 0 Å². The van der Waals surface area contributed by atoms with Crippen LogP contribution in [0.3, 0.4) is 0 Å². The van der Waals surface area contributed by atoms with Crippen molar-refractivity contribution in [3.8, 4) is 0 Å². The molecule has 0 aromatic heterocycles. The summed E-state index contributed by atoms with van der Waals surface area (Å²) in [6.45, 7) is 0.216. The van der Waals surface area contributed by atoms with Gasteiger partial charge in [0.1, 0.15) is 0 Å². The zero-order chi connectivity index (χ0) is 8.43. The van der Waals surface area contributed by atoms with Crippen LogP contribution in [-0.2, 0) is 14.3 Å². The van der Waals surface area contributed by atoms with Gasteiger partial charge >= 0.3 is 11.9 Å². The highest BCUT2D eigenvalue weighted by atomic mass is 16.5. The fourth-order valence-electron chi connectivity index (χ4n) is 1.09. The molecule has 5 heteroatoms. The van der Waals surface area contributed by atoms with Gasteiger partial charge in [0.05, 0.1) is 5.92 Å². The van der Waals surface area contributed by atoms with E-state index in [-0.39, 0.29) is 13.0 Å². The first-order valence-corrected chi connectivity index (χ1v) is 3.20. The molecule has 1 fully saturated rings. The standard InChI is InChI=1S/C6H8O5/c7-5(8)3-1-2-11-4(3)6(9)10/h3-4H,1-2H2,(H,7,8)(H,9,10). The summed E-state index contributed by atoms with van der Waals surface area (Å²) in [4.78, 5) is 20.7. The minimum Gasteiger partial charge on any atom is -0.481 e. The number of rotatable bonds is 2. The molecule has 11 heavy (non-hydrogen) atoms. The largest absolute Gasteiger partial charge is 0.481 e. The molecule has 0 bridgehead atoms. The van der Waals surface area contributed by atoms with Crippen LogP contribution in [-0.4, -0.2) is 34.9 Å². The van der Waals surface area contributed by atoms with Crippen molar-refractivity contribution < 1.29 is 24.5 Å². The lowest BCUT2D eigenvalue weighted by molar-refractivity contribution is -0.156. The van der Waals surface area contributed by atoms with E-state index in [0.29, 0.717) is 0 Å². The fraction of sp³-hybridized carbons (Fsp3) is 0.667. The van der Waals surface area contributed by atoms with Gasteiger partial charge in [0.25, 0.3) is 0 Å². The molecule has 2 N–H and O–H groups in total. The maximum absolute atomic E-state index is 10.4. The average molecular weight is 160 g/mol. The highest BCUT2D eigenvalue weighted by Gasteiger charge is 2.38. The van der Waals surface area contributed by atoms with E-state index in [9.17, 15) is 9.59 Å². The normalized spacial score (nSPS) is 30.2. The topological polar surface area (TPSA) is 83.8 Å². The van der Waals surface area contributed by atoms with Crippen molar-refractivity contribution in [3.05, 3.63) is 0 Å². The van der Waals surface area contributed by atoms with Gasteiger partial charge in [-0.25, -0.2) is 4.79 Å². The Balaban J connectivity index is 2.65. The summed E-state index contributed by atoms with van der Waals surface area (Å²) < 4.78 is 4.71. The zero-order valence-corrected chi connectivity index (χ0v) is 5.69. The number of carbonyl (C=O) groups is 2. The third-order valence-electron chi connectivity index (χ3n) is 1.65. The van der Waals surface area contributed by atoms with Crippen LogP contribution in [0.5, 0.6) is 0 Å². The second-order valence-corrected chi connectivity index (χ2v) is 2.36. The molecule has 2 atom stereocenters. The van der Waals surface area contributed by atoms with Crippen LogP contribution in [0, 0.1) is 5.92 Å². The summed E-state index contributed by atoms with van der Waals surface area (Å²) in [6, 6.07) is 0. The van der Waals surface area contributed by atoms with Gasteiger partial charge in [-0.3, -0.25) is 4.79 Å². The number of ether oxygens (including phenoxy) is 1. The number of hydrogen-bond donors (Lipinski definition) is 2. The van der Waals surface area contributed by atoms with Gasteiger partial charge in [0.2, 0.25) is 0 Å². The van der Waals surface area contributed by atoms with Crippen molar-refractivity contribution in [3.63, 3.8) is 0 Å². The van der Waals surface area contributed by atoms with Crippen molar-refractivity contribution in [1.82, 2.24) is 0 Å². The van der Waals surface area contributed by atoms with Crippen LogP contribution in [0.25, 0.3) is 0 Å². The van der Waals surface area contributed by atoms with Crippen LogP contribution in [0.1, 0.15) is 6.42 Å². The fourth-order valence-corrected chi connectivity index (χ4v) is 1.09. The molecule has 1 heterocycles. The summed E-state index contributed by atoms with van der Waals surface area (Å²) in [7, 11) is 0. The third-order valence-corrected chi connectivity index (χ3v) is 1.65. The average Bonchev–Trinajstić information content (AvgIpc) is 2.32. The molecule has 0 spiro atoms. The van der Waals surface area contributed by atoms with Gasteiger partial charge in [-0.1, -0.05) is 0 Å². The monoisotopic (exact) mass is 160 g/mol. The Kier molecular flexibility index (Phi) is 2.09. The van der Waals surface area contributed by atoms with Crippen molar-refractivity contribution >= 4 is 11.9 Å². The molecule has 5 nitrogen and oxygen atoms in total. The summed E-state index contributed by atoms with van der Waals surface area (Å²) >= 11 is 0. The first kappa shape index (κ1) is 8.00. The number of hydrogen-bond acceptors (Lipinski definition) is 3. The Hall–Kier alpha value is -1.10. The number of aliphatic carboxylic acids is 2. The molecule has 0 radical (unpaired) electrons. The van der Waals surface area contributed by atoms with Gasteiger partial charge in [-0.15, -0.1) is 0 Å². The molecule has 62 valence electrons. The highest BCUT2D eigenvalue weighted by molar-refractivity contribution is 5.82. The quantitative estimate of drug-likeness (QED) is 0.572. The Morgan fingerprint density at radius 3 is 2.27 bits per heavy atom. The molecule has 0 aromatic carbocycles. The summed E-state index contributed by atoms with van der Waals surface area (Å²) in [6.07, 6.45) is -0.876. The molecule has 0 aliphatic carbocycles. The van der Waals surface area contributed by atoms with Gasteiger partial charge in [0, 0.05) is 6.61 Å². The molecule has 1 aliphatic rings. The van der Waals surface area contributed by atoms with Crippen LogP contribution in [0.15, 0.2) is 0 Å². The van der Waals surface area contributed by atoms with Crippen LogP contribution in [0.4, 0.5) is 0 Å². The molecule has 0 aromatic rings. The predicted octanol–water partition coefficient (Wildman–Crippen LogP) is -0.439. The molecule has 1 aliphatic heterocycles. The molecule has 1 saturated heterocycles. The predicted molar refractivity (Wildman–Crippen MR) is 33.1 cm³/mol. The van der Waals surface area contributed by atoms with E-state index in [1.807, 2.05) is 0 Å². The van der Waals surface area contributed by atoms with Gasteiger partial charge in [-0.05, 0) is 6.42 Å². The Morgan fingerprint density at radius 2 is 1.91 bits per heavy atom. The Bertz CT molecular complexity index is 167. The molecular formula is C6H8O5. The smallest absolute Gasteiger partial charge is 0.333 e. The molecule has 2 unspecified atom stereocenters.